The predicted molar refractivity (Wildman–Crippen MR) is 87.7 cm³/mol. The summed E-state index contributed by atoms with van der Waals surface area (Å²) in [6.45, 7) is 5.71. The number of hydrogen-bond acceptors (Lipinski definition) is 3. The first-order chi connectivity index (χ1) is 10.8. The van der Waals surface area contributed by atoms with E-state index in [1.54, 1.807) is 20.8 Å². The summed E-state index contributed by atoms with van der Waals surface area (Å²) >= 11 is 11.9. The molecule has 1 heterocycles. The number of nitrogens with one attached hydrogen (secondary N) is 2. The Morgan fingerprint density at radius 1 is 1.17 bits per heavy atom. The first-order valence-electron chi connectivity index (χ1n) is 7.23. The molecule has 0 saturated carbocycles. The number of carbonyl (C=O) groups excluding carboxylic acids is 3. The quantitative estimate of drug-likeness (QED) is 0.813. The van der Waals surface area contributed by atoms with Crippen LogP contribution in [-0.2, 0) is 4.79 Å². The molecule has 1 unspecified atom stereocenters. The van der Waals surface area contributed by atoms with Gasteiger partial charge < -0.3 is 0 Å². The van der Waals surface area contributed by atoms with Gasteiger partial charge in [0.2, 0.25) is 5.78 Å². The fraction of sp³-hybridized carbons (Fsp3) is 0.312. The largest absolute Gasteiger partial charge is 0.427 e. The standard InChI is InChI=1S/C16H16Cl2N2O3/c1-4-20-13(12(8(2)3)15(22)19-16(20)23)14(21)9-5-10(17)7-11(18)6-9/h5-8H,4H2,1-3H3,(H,19,22,23)/p+1. The second-order valence-corrected chi connectivity index (χ2v) is 6.42. The summed E-state index contributed by atoms with van der Waals surface area (Å²) in [5, 5.41) is 2.93. The summed E-state index contributed by atoms with van der Waals surface area (Å²) in [5.74, 6) is -1.16. The van der Waals surface area contributed by atoms with E-state index in [-0.39, 0.29) is 17.2 Å². The number of urea groups is 1. The van der Waals surface area contributed by atoms with Crippen LogP contribution in [0.5, 0.6) is 0 Å². The number of halogens is 2. The van der Waals surface area contributed by atoms with E-state index < -0.39 is 17.7 Å². The number of quaternary nitrogens is 1. The molecule has 0 aliphatic carbocycles. The van der Waals surface area contributed by atoms with Crippen molar-refractivity contribution in [1.29, 1.82) is 0 Å². The number of Topliss-reactive ketones (excluding diaryl/α,β-unsaturated/α-hetero) is 1. The third-order valence-electron chi connectivity index (χ3n) is 3.60. The van der Waals surface area contributed by atoms with Crippen LogP contribution in [0.2, 0.25) is 10.0 Å². The molecule has 0 radical (unpaired) electrons. The second kappa shape index (κ2) is 6.83. The number of amides is 3. The average Bonchev–Trinajstić information content (AvgIpc) is 2.44. The zero-order chi connectivity index (χ0) is 17.3. The minimum absolute atomic E-state index is 0.162. The third-order valence-corrected chi connectivity index (χ3v) is 4.04. The maximum absolute atomic E-state index is 13.0. The molecule has 1 aliphatic rings. The molecule has 0 saturated heterocycles. The van der Waals surface area contributed by atoms with Crippen LogP contribution in [-0.4, -0.2) is 24.3 Å². The van der Waals surface area contributed by atoms with Gasteiger partial charge in [0.25, 0.3) is 5.91 Å². The molecule has 1 atom stereocenters. The van der Waals surface area contributed by atoms with Gasteiger partial charge in [-0.3, -0.25) is 9.59 Å². The molecule has 0 fully saturated rings. The maximum Gasteiger partial charge on any atom is 0.427 e. The van der Waals surface area contributed by atoms with Crippen LogP contribution in [0.3, 0.4) is 0 Å². The van der Waals surface area contributed by atoms with Gasteiger partial charge in [-0.25, -0.2) is 15.0 Å². The third kappa shape index (κ3) is 3.47. The lowest BCUT2D eigenvalue weighted by atomic mass is 9.93. The van der Waals surface area contributed by atoms with Crippen LogP contribution in [0.4, 0.5) is 4.79 Å². The normalized spacial score (nSPS) is 18.4. The van der Waals surface area contributed by atoms with Crippen LogP contribution in [0, 0.1) is 5.92 Å². The molecule has 1 aliphatic heterocycles. The number of hydrogen-bond donors (Lipinski definition) is 2. The molecule has 0 aromatic heterocycles. The fourth-order valence-corrected chi connectivity index (χ4v) is 3.14. The molecule has 1 aromatic rings. The highest BCUT2D eigenvalue weighted by atomic mass is 35.5. The SMILES string of the molecule is CC[NH+]1C(=O)NC(=O)C(C(C)C)=C1C(=O)c1cc(Cl)cc(Cl)c1. The van der Waals surface area contributed by atoms with Gasteiger partial charge in [0, 0.05) is 15.6 Å². The summed E-state index contributed by atoms with van der Waals surface area (Å²) < 4.78 is 0. The van der Waals surface area contributed by atoms with E-state index in [2.05, 4.69) is 5.32 Å². The Balaban J connectivity index is 2.66. The lowest BCUT2D eigenvalue weighted by Crippen LogP contribution is -3.16. The van der Waals surface area contributed by atoms with E-state index in [4.69, 9.17) is 23.2 Å². The predicted octanol–water partition coefficient (Wildman–Crippen LogP) is 2.24. The van der Waals surface area contributed by atoms with E-state index in [0.29, 0.717) is 27.1 Å². The first-order valence-corrected chi connectivity index (χ1v) is 7.98. The number of imide groups is 1. The van der Waals surface area contributed by atoms with Gasteiger partial charge in [-0.1, -0.05) is 37.0 Å². The molecule has 3 amide bonds. The molecule has 2 N–H and O–H groups in total. The lowest BCUT2D eigenvalue weighted by molar-refractivity contribution is -0.766. The van der Waals surface area contributed by atoms with Crippen molar-refractivity contribution in [3.8, 4) is 0 Å². The van der Waals surface area contributed by atoms with Crippen molar-refractivity contribution in [2.75, 3.05) is 6.54 Å². The molecule has 1 aromatic carbocycles. The van der Waals surface area contributed by atoms with Crippen molar-refractivity contribution in [2.24, 2.45) is 5.92 Å². The Bertz CT molecular complexity index is 706. The summed E-state index contributed by atoms with van der Waals surface area (Å²) in [4.78, 5) is 37.5. The molecule has 122 valence electrons. The maximum atomic E-state index is 13.0. The van der Waals surface area contributed by atoms with Crippen LogP contribution < -0.4 is 10.2 Å². The number of carbonyl (C=O) groups is 3. The summed E-state index contributed by atoms with van der Waals surface area (Å²) in [5.41, 5.74) is 0.723. The second-order valence-electron chi connectivity index (χ2n) is 5.55. The summed E-state index contributed by atoms with van der Waals surface area (Å²) in [6.07, 6.45) is 0. The average molecular weight is 356 g/mol. The van der Waals surface area contributed by atoms with Gasteiger partial charge in [0.15, 0.2) is 5.70 Å². The van der Waals surface area contributed by atoms with Gasteiger partial charge >= 0.3 is 6.03 Å². The van der Waals surface area contributed by atoms with Crippen LogP contribution in [0.1, 0.15) is 31.1 Å². The van der Waals surface area contributed by atoms with E-state index in [1.807, 2.05) is 0 Å². The van der Waals surface area contributed by atoms with Gasteiger partial charge in [-0.2, -0.15) is 0 Å². The molecular weight excluding hydrogens is 339 g/mol. The highest BCUT2D eigenvalue weighted by molar-refractivity contribution is 6.35. The number of likely N-dealkylation sites (N-methyl/N-ethyl adjacent to an activating group) is 1. The highest BCUT2D eigenvalue weighted by Gasteiger charge is 2.41. The zero-order valence-electron chi connectivity index (χ0n) is 13.0. The highest BCUT2D eigenvalue weighted by Crippen LogP contribution is 2.23. The van der Waals surface area contributed by atoms with Crippen LogP contribution in [0.25, 0.3) is 0 Å². The number of rotatable bonds is 4. The Kier molecular flexibility index (Phi) is 5.24. The first kappa shape index (κ1) is 17.7. The topological polar surface area (TPSA) is 67.7 Å². The molecule has 0 bridgehead atoms. The number of ketones is 1. The molecule has 23 heavy (non-hydrogen) atoms. The van der Waals surface area contributed by atoms with Gasteiger partial charge in [-0.15, -0.1) is 0 Å². The molecule has 2 rings (SSSR count). The molecule has 5 nitrogen and oxygen atoms in total. The van der Waals surface area contributed by atoms with E-state index in [0.717, 1.165) is 0 Å². The number of allylic oxidation sites excluding steroid dienone is 1. The summed E-state index contributed by atoms with van der Waals surface area (Å²) in [6, 6.07) is 3.94. The number of benzene rings is 1. The van der Waals surface area contributed by atoms with E-state index in [9.17, 15) is 14.4 Å². The van der Waals surface area contributed by atoms with Crippen molar-refractivity contribution in [2.45, 2.75) is 20.8 Å². The molecular formula is C16H17Cl2N2O3+. The monoisotopic (exact) mass is 355 g/mol. The zero-order valence-corrected chi connectivity index (χ0v) is 14.5. The van der Waals surface area contributed by atoms with Crippen molar-refractivity contribution < 1.29 is 19.3 Å². The minimum Gasteiger partial charge on any atom is -0.283 e. The minimum atomic E-state index is -0.529. The van der Waals surface area contributed by atoms with Gasteiger partial charge in [0.05, 0.1) is 12.1 Å². The molecule has 7 heteroatoms. The van der Waals surface area contributed by atoms with E-state index in [1.165, 1.54) is 18.2 Å². The Morgan fingerprint density at radius 3 is 2.22 bits per heavy atom. The van der Waals surface area contributed by atoms with E-state index >= 15 is 0 Å². The van der Waals surface area contributed by atoms with Crippen molar-refractivity contribution in [3.63, 3.8) is 0 Å². The van der Waals surface area contributed by atoms with Crippen LogP contribution >= 0.6 is 23.2 Å². The van der Waals surface area contributed by atoms with Crippen LogP contribution in [0.15, 0.2) is 29.5 Å². The summed E-state index contributed by atoms with van der Waals surface area (Å²) in [7, 11) is 0. The van der Waals surface area contributed by atoms with Crippen molar-refractivity contribution in [3.05, 3.63) is 45.1 Å². The lowest BCUT2D eigenvalue weighted by Gasteiger charge is -2.26. The fourth-order valence-electron chi connectivity index (χ4n) is 2.61. The molecule has 0 spiro atoms. The van der Waals surface area contributed by atoms with Gasteiger partial charge in [-0.05, 0) is 31.0 Å². The smallest absolute Gasteiger partial charge is 0.283 e. The van der Waals surface area contributed by atoms with Gasteiger partial charge in [0.1, 0.15) is 0 Å². The Labute approximate surface area is 144 Å². The van der Waals surface area contributed by atoms with Crippen molar-refractivity contribution in [1.82, 2.24) is 5.32 Å². The van der Waals surface area contributed by atoms with Crippen molar-refractivity contribution >= 4 is 40.9 Å². The Hall–Kier alpha value is -1.69. The Morgan fingerprint density at radius 2 is 1.74 bits per heavy atom.